The molecule has 3 N–H and O–H groups in total. The van der Waals surface area contributed by atoms with E-state index in [0.717, 1.165) is 6.42 Å². The highest BCUT2D eigenvalue weighted by Crippen LogP contribution is 2.08. The summed E-state index contributed by atoms with van der Waals surface area (Å²) in [6.07, 6.45) is 1.27. The molecular formula is C13H15FN4O2S. The van der Waals surface area contributed by atoms with Crippen molar-refractivity contribution in [3.8, 4) is 0 Å². The predicted molar refractivity (Wildman–Crippen MR) is 79.7 cm³/mol. The van der Waals surface area contributed by atoms with E-state index in [1.807, 2.05) is 0 Å². The van der Waals surface area contributed by atoms with Crippen molar-refractivity contribution in [2.75, 3.05) is 18.4 Å². The van der Waals surface area contributed by atoms with E-state index in [-0.39, 0.29) is 29.3 Å². The number of carbonyl (C=O) groups is 2. The summed E-state index contributed by atoms with van der Waals surface area (Å²) in [7, 11) is 0. The number of nitrogens with zero attached hydrogens (tertiary/aromatic N) is 1. The van der Waals surface area contributed by atoms with Gasteiger partial charge in [-0.2, -0.15) is 0 Å². The molecule has 21 heavy (non-hydrogen) atoms. The fourth-order valence-electron chi connectivity index (χ4n) is 1.91. The van der Waals surface area contributed by atoms with Gasteiger partial charge in [0, 0.05) is 18.7 Å². The molecular weight excluding hydrogens is 295 g/mol. The molecule has 0 aliphatic carbocycles. The lowest BCUT2D eigenvalue weighted by atomic mass is 10.3. The molecule has 0 aromatic heterocycles. The maximum atomic E-state index is 12.7. The molecule has 1 aliphatic heterocycles. The van der Waals surface area contributed by atoms with E-state index in [1.165, 1.54) is 29.2 Å². The van der Waals surface area contributed by atoms with Crippen LogP contribution in [0.1, 0.15) is 12.8 Å². The van der Waals surface area contributed by atoms with Crippen LogP contribution in [-0.2, 0) is 9.59 Å². The van der Waals surface area contributed by atoms with Crippen LogP contribution in [-0.4, -0.2) is 34.9 Å². The number of benzene rings is 1. The molecule has 1 aliphatic rings. The number of hydrogen-bond acceptors (Lipinski definition) is 3. The third-order valence-electron chi connectivity index (χ3n) is 2.92. The Morgan fingerprint density at radius 2 is 2.00 bits per heavy atom. The van der Waals surface area contributed by atoms with Gasteiger partial charge in [-0.3, -0.25) is 20.4 Å². The Hall–Kier alpha value is -2.22. The summed E-state index contributed by atoms with van der Waals surface area (Å²) in [6.45, 7) is 0.607. The van der Waals surface area contributed by atoms with Crippen molar-refractivity contribution in [3.63, 3.8) is 0 Å². The molecule has 0 saturated carbocycles. The summed E-state index contributed by atoms with van der Waals surface area (Å²) in [4.78, 5) is 24.5. The molecule has 112 valence electrons. The van der Waals surface area contributed by atoms with Crippen LogP contribution in [0.5, 0.6) is 0 Å². The van der Waals surface area contributed by atoms with Gasteiger partial charge in [0.1, 0.15) is 12.4 Å². The number of anilines is 1. The molecule has 0 bridgehead atoms. The number of likely N-dealkylation sites (tertiary alicyclic amines) is 1. The Balaban J connectivity index is 1.72. The normalized spacial score (nSPS) is 14.0. The van der Waals surface area contributed by atoms with Crippen molar-refractivity contribution in [1.82, 2.24) is 15.8 Å². The van der Waals surface area contributed by atoms with Crippen molar-refractivity contribution in [1.29, 1.82) is 0 Å². The molecule has 0 unspecified atom stereocenters. The van der Waals surface area contributed by atoms with Gasteiger partial charge < -0.3 is 10.2 Å². The first-order valence-electron chi connectivity index (χ1n) is 6.44. The van der Waals surface area contributed by atoms with Gasteiger partial charge in [-0.1, -0.05) is 0 Å². The second-order valence-electron chi connectivity index (χ2n) is 4.55. The maximum Gasteiger partial charge on any atom is 0.257 e. The monoisotopic (exact) mass is 310 g/mol. The quantitative estimate of drug-likeness (QED) is 0.568. The van der Waals surface area contributed by atoms with E-state index in [2.05, 4.69) is 16.2 Å². The topological polar surface area (TPSA) is 73.5 Å². The fourth-order valence-corrected chi connectivity index (χ4v) is 2.07. The molecule has 1 fully saturated rings. The van der Waals surface area contributed by atoms with Crippen molar-refractivity contribution in [2.24, 2.45) is 0 Å². The van der Waals surface area contributed by atoms with Crippen LogP contribution in [0.3, 0.4) is 0 Å². The minimum atomic E-state index is -0.353. The third-order valence-corrected chi connectivity index (χ3v) is 3.13. The van der Waals surface area contributed by atoms with Crippen LogP contribution in [0.2, 0.25) is 0 Å². The Morgan fingerprint density at radius 1 is 1.29 bits per heavy atom. The van der Waals surface area contributed by atoms with Gasteiger partial charge in [0.05, 0.1) is 0 Å². The number of nitrogens with one attached hydrogen (secondary N) is 3. The van der Waals surface area contributed by atoms with Crippen LogP contribution in [0, 0.1) is 5.82 Å². The first-order chi connectivity index (χ1) is 10.0. The SMILES string of the molecule is O=C(CN1CCCC1=O)NNC(=S)Nc1ccc(F)cc1. The largest absolute Gasteiger partial charge is 0.333 e. The molecule has 1 aromatic carbocycles. The lowest BCUT2D eigenvalue weighted by molar-refractivity contribution is -0.133. The highest BCUT2D eigenvalue weighted by atomic mass is 32.1. The molecule has 1 heterocycles. The van der Waals surface area contributed by atoms with Gasteiger partial charge in [0.2, 0.25) is 5.91 Å². The fraction of sp³-hybridized carbons (Fsp3) is 0.308. The van der Waals surface area contributed by atoms with Gasteiger partial charge in [-0.05, 0) is 42.9 Å². The van der Waals surface area contributed by atoms with Crippen LogP contribution in [0.15, 0.2) is 24.3 Å². The Kier molecular flexibility index (Phi) is 5.04. The minimum absolute atomic E-state index is 0.00496. The zero-order chi connectivity index (χ0) is 15.2. The second-order valence-corrected chi connectivity index (χ2v) is 4.96. The highest BCUT2D eigenvalue weighted by molar-refractivity contribution is 7.80. The number of amides is 2. The predicted octanol–water partition coefficient (Wildman–Crippen LogP) is 0.766. The summed E-state index contributed by atoms with van der Waals surface area (Å²) < 4.78 is 12.7. The van der Waals surface area contributed by atoms with E-state index in [4.69, 9.17) is 12.2 Å². The van der Waals surface area contributed by atoms with Crippen molar-refractivity contribution in [2.45, 2.75) is 12.8 Å². The summed E-state index contributed by atoms with van der Waals surface area (Å²) in [6, 6.07) is 5.63. The first-order valence-corrected chi connectivity index (χ1v) is 6.84. The molecule has 1 saturated heterocycles. The van der Waals surface area contributed by atoms with Crippen LogP contribution in [0.4, 0.5) is 10.1 Å². The van der Waals surface area contributed by atoms with Gasteiger partial charge in [-0.25, -0.2) is 4.39 Å². The highest BCUT2D eigenvalue weighted by Gasteiger charge is 2.22. The lowest BCUT2D eigenvalue weighted by Gasteiger charge is -2.16. The molecule has 0 atom stereocenters. The van der Waals surface area contributed by atoms with Crippen LogP contribution in [0.25, 0.3) is 0 Å². The summed E-state index contributed by atoms with van der Waals surface area (Å²) in [5.41, 5.74) is 5.52. The van der Waals surface area contributed by atoms with Gasteiger partial charge in [-0.15, -0.1) is 0 Å². The summed E-state index contributed by atoms with van der Waals surface area (Å²) in [5, 5.41) is 2.95. The molecule has 0 spiro atoms. The average molecular weight is 310 g/mol. The average Bonchev–Trinajstić information content (AvgIpc) is 2.85. The van der Waals surface area contributed by atoms with Crippen molar-refractivity contribution in [3.05, 3.63) is 30.1 Å². The summed E-state index contributed by atoms with van der Waals surface area (Å²) >= 11 is 4.98. The lowest BCUT2D eigenvalue weighted by Crippen LogP contribution is -2.48. The smallest absolute Gasteiger partial charge is 0.257 e. The van der Waals surface area contributed by atoms with Crippen LogP contribution < -0.4 is 16.2 Å². The molecule has 2 rings (SSSR count). The second kappa shape index (κ2) is 6.98. The standard InChI is InChI=1S/C13H15FN4O2S/c14-9-3-5-10(6-4-9)15-13(21)17-16-11(19)8-18-7-1-2-12(18)20/h3-6H,1-2,7-8H2,(H,16,19)(H2,15,17,21). The van der Waals surface area contributed by atoms with Crippen LogP contribution >= 0.6 is 12.2 Å². The maximum absolute atomic E-state index is 12.7. The molecule has 1 aromatic rings. The summed E-state index contributed by atoms with van der Waals surface area (Å²) in [5.74, 6) is -0.714. The Labute approximate surface area is 126 Å². The van der Waals surface area contributed by atoms with E-state index >= 15 is 0 Å². The molecule has 2 amide bonds. The van der Waals surface area contributed by atoms with Gasteiger partial charge in [0.15, 0.2) is 5.11 Å². The number of halogens is 1. The Morgan fingerprint density at radius 3 is 2.62 bits per heavy atom. The number of hydrogen-bond donors (Lipinski definition) is 3. The van der Waals surface area contributed by atoms with Crippen molar-refractivity contribution >= 4 is 34.8 Å². The molecule has 0 radical (unpaired) electrons. The number of thiocarbonyl (C=S) groups is 1. The third kappa shape index (κ3) is 4.67. The van der Waals surface area contributed by atoms with E-state index in [0.29, 0.717) is 18.7 Å². The van der Waals surface area contributed by atoms with E-state index in [1.54, 1.807) is 0 Å². The van der Waals surface area contributed by atoms with E-state index < -0.39 is 0 Å². The van der Waals surface area contributed by atoms with E-state index in [9.17, 15) is 14.0 Å². The van der Waals surface area contributed by atoms with Gasteiger partial charge in [0.25, 0.3) is 5.91 Å². The molecule has 6 nitrogen and oxygen atoms in total. The first kappa shape index (κ1) is 15.2. The minimum Gasteiger partial charge on any atom is -0.333 e. The zero-order valence-electron chi connectivity index (χ0n) is 11.2. The van der Waals surface area contributed by atoms with Gasteiger partial charge >= 0.3 is 0 Å². The zero-order valence-corrected chi connectivity index (χ0v) is 12.0. The number of hydrazine groups is 1. The number of rotatable bonds is 3. The Bertz CT molecular complexity index is 550. The molecule has 8 heteroatoms. The van der Waals surface area contributed by atoms with Crippen molar-refractivity contribution < 1.29 is 14.0 Å². The number of carbonyl (C=O) groups excluding carboxylic acids is 2.